The third-order valence-corrected chi connectivity index (χ3v) is 5.66. The molecule has 0 spiro atoms. The van der Waals surface area contributed by atoms with Gasteiger partial charge in [0, 0.05) is 6.21 Å². The molecule has 0 aliphatic rings. The summed E-state index contributed by atoms with van der Waals surface area (Å²) in [7, 11) is 0. The smallest absolute Gasteiger partial charge is 0.210 e. The highest BCUT2D eigenvalue weighted by Crippen LogP contribution is 2.29. The molecule has 0 N–H and O–H groups in total. The molecule has 0 saturated carbocycles. The third kappa shape index (κ3) is 6.16. The van der Waals surface area contributed by atoms with Crippen molar-refractivity contribution in [3.8, 4) is 5.75 Å². The first-order chi connectivity index (χ1) is 13.8. The number of aliphatic imine (C=N–C) groups is 1. The number of rotatable bonds is 11. The van der Waals surface area contributed by atoms with Gasteiger partial charge in [-0.1, -0.05) is 56.9 Å². The molecule has 1 aromatic heterocycles. The summed E-state index contributed by atoms with van der Waals surface area (Å²) < 4.78 is 7.01. The zero-order chi connectivity index (χ0) is 19.6. The minimum Gasteiger partial charge on any atom is -0.494 e. The Morgan fingerprint density at radius 2 is 1.79 bits per heavy atom. The molecule has 1 heterocycles. The van der Waals surface area contributed by atoms with Crippen LogP contribution in [0.25, 0.3) is 10.2 Å². The molecule has 148 valence electrons. The average molecular weight is 395 g/mol. The maximum atomic E-state index is 5.79. The van der Waals surface area contributed by atoms with Gasteiger partial charge in [0.1, 0.15) is 5.75 Å². The van der Waals surface area contributed by atoms with E-state index in [4.69, 9.17) is 4.74 Å². The van der Waals surface area contributed by atoms with E-state index >= 15 is 0 Å². The van der Waals surface area contributed by atoms with E-state index in [1.807, 2.05) is 30.5 Å². The minimum absolute atomic E-state index is 0.791. The molecule has 0 aliphatic heterocycles. The molecule has 0 saturated heterocycles. The molecular formula is C24H30N2OS. The number of benzene rings is 2. The van der Waals surface area contributed by atoms with Crippen molar-refractivity contribution in [2.24, 2.45) is 4.99 Å². The lowest BCUT2D eigenvalue weighted by Crippen LogP contribution is -1.97. The molecule has 2 aromatic carbocycles. The number of hydrogen-bond donors (Lipinski definition) is 0. The van der Waals surface area contributed by atoms with Gasteiger partial charge in [0.05, 0.1) is 16.8 Å². The molecular weight excluding hydrogens is 364 g/mol. The van der Waals surface area contributed by atoms with Crippen molar-refractivity contribution in [1.29, 1.82) is 0 Å². The van der Waals surface area contributed by atoms with Crippen molar-refractivity contribution in [3.05, 3.63) is 53.6 Å². The summed E-state index contributed by atoms with van der Waals surface area (Å²) in [5.41, 5.74) is 3.48. The van der Waals surface area contributed by atoms with Gasteiger partial charge in [0.15, 0.2) is 0 Å². The normalized spacial score (nSPS) is 11.5. The highest BCUT2D eigenvalue weighted by atomic mass is 32.1. The maximum absolute atomic E-state index is 5.79. The van der Waals surface area contributed by atoms with Crippen molar-refractivity contribution < 1.29 is 4.74 Å². The highest BCUT2D eigenvalue weighted by molar-refractivity contribution is 7.22. The second-order valence-corrected chi connectivity index (χ2v) is 8.15. The Bertz CT molecular complexity index is 883. The first-order valence-electron chi connectivity index (χ1n) is 10.4. The Kier molecular flexibility index (Phi) is 8.04. The van der Waals surface area contributed by atoms with Crippen molar-refractivity contribution in [2.45, 2.75) is 58.8 Å². The predicted octanol–water partition coefficient (Wildman–Crippen LogP) is 7.35. The number of unbranched alkanes of at least 4 members (excludes halogenated alkanes) is 4. The topological polar surface area (TPSA) is 34.5 Å². The molecule has 3 aromatic rings. The van der Waals surface area contributed by atoms with Crippen molar-refractivity contribution in [2.75, 3.05) is 6.61 Å². The van der Waals surface area contributed by atoms with Gasteiger partial charge in [0.2, 0.25) is 5.13 Å². The summed E-state index contributed by atoms with van der Waals surface area (Å²) in [5, 5.41) is 0.805. The Balaban J connectivity index is 1.57. The van der Waals surface area contributed by atoms with Crippen molar-refractivity contribution in [1.82, 2.24) is 4.98 Å². The van der Waals surface area contributed by atoms with Crippen LogP contribution in [-0.2, 0) is 6.42 Å². The fourth-order valence-corrected chi connectivity index (χ4v) is 3.92. The second-order valence-electron chi connectivity index (χ2n) is 7.14. The zero-order valence-electron chi connectivity index (χ0n) is 17.0. The van der Waals surface area contributed by atoms with E-state index in [-0.39, 0.29) is 0 Å². The summed E-state index contributed by atoms with van der Waals surface area (Å²) in [6.45, 7) is 5.24. The number of nitrogens with zero attached hydrogens (tertiary/aromatic N) is 2. The van der Waals surface area contributed by atoms with Crippen molar-refractivity contribution >= 4 is 32.9 Å². The van der Waals surface area contributed by atoms with Gasteiger partial charge in [-0.15, -0.1) is 0 Å². The Morgan fingerprint density at radius 3 is 2.57 bits per heavy atom. The summed E-state index contributed by atoms with van der Waals surface area (Å²) in [4.78, 5) is 9.20. The molecule has 0 bridgehead atoms. The standard InChI is InChI=1S/C24H30N2OS/c1-3-5-7-8-16-27-21-13-10-20(11-14-21)18-25-24-26-22-15-12-19(9-6-4-2)17-23(22)28-24/h10-15,17-18H,3-9,16H2,1-2H3/b25-18+. The number of fused-ring (bicyclic) bond motifs is 1. The molecule has 0 atom stereocenters. The lowest BCUT2D eigenvalue weighted by Gasteiger charge is -2.05. The van der Waals surface area contributed by atoms with Gasteiger partial charge in [0.25, 0.3) is 0 Å². The van der Waals surface area contributed by atoms with Crippen molar-refractivity contribution in [3.63, 3.8) is 0 Å². The minimum atomic E-state index is 0.791. The molecule has 28 heavy (non-hydrogen) atoms. The number of aryl methyl sites for hydroxylation is 1. The van der Waals surface area contributed by atoms with Gasteiger partial charge < -0.3 is 4.74 Å². The first kappa shape index (κ1) is 20.5. The summed E-state index contributed by atoms with van der Waals surface area (Å²) in [5.74, 6) is 0.924. The predicted molar refractivity (Wildman–Crippen MR) is 122 cm³/mol. The first-order valence-corrected chi connectivity index (χ1v) is 11.3. The van der Waals surface area contributed by atoms with E-state index in [0.717, 1.165) is 41.4 Å². The fraction of sp³-hybridized carbons (Fsp3) is 0.417. The van der Waals surface area contributed by atoms with Crippen LogP contribution in [0.3, 0.4) is 0 Å². The monoisotopic (exact) mass is 394 g/mol. The van der Waals surface area contributed by atoms with Gasteiger partial charge in [-0.2, -0.15) is 0 Å². The quantitative estimate of drug-likeness (QED) is 0.252. The summed E-state index contributed by atoms with van der Waals surface area (Å²) >= 11 is 1.65. The molecule has 3 rings (SSSR count). The highest BCUT2D eigenvalue weighted by Gasteiger charge is 2.04. The molecule has 0 aliphatic carbocycles. The van der Waals surface area contributed by atoms with E-state index in [2.05, 4.69) is 42.0 Å². The molecule has 0 fully saturated rings. The number of aromatic nitrogens is 1. The summed E-state index contributed by atoms with van der Waals surface area (Å²) in [6.07, 6.45) is 10.4. The second kappa shape index (κ2) is 11.0. The summed E-state index contributed by atoms with van der Waals surface area (Å²) in [6, 6.07) is 14.7. The Morgan fingerprint density at radius 1 is 0.964 bits per heavy atom. The van der Waals surface area contributed by atoms with Gasteiger partial charge >= 0.3 is 0 Å². The van der Waals surface area contributed by atoms with E-state index in [0.29, 0.717) is 0 Å². The lowest BCUT2D eigenvalue weighted by atomic mass is 10.1. The Labute approximate surface area is 172 Å². The lowest BCUT2D eigenvalue weighted by molar-refractivity contribution is 0.305. The number of ether oxygens (including phenoxy) is 1. The van der Waals surface area contributed by atoms with Crippen LogP contribution in [0, 0.1) is 0 Å². The number of hydrogen-bond acceptors (Lipinski definition) is 4. The third-order valence-electron chi connectivity index (χ3n) is 4.73. The van der Waals surface area contributed by atoms with Crippen LogP contribution in [-0.4, -0.2) is 17.8 Å². The van der Waals surface area contributed by atoms with Crippen LogP contribution in [0.2, 0.25) is 0 Å². The van der Waals surface area contributed by atoms with E-state index in [1.165, 1.54) is 42.4 Å². The van der Waals surface area contributed by atoms with E-state index in [1.54, 1.807) is 11.3 Å². The maximum Gasteiger partial charge on any atom is 0.210 e. The molecule has 3 nitrogen and oxygen atoms in total. The SMILES string of the molecule is CCCCCCOc1ccc(/C=N/c2nc3ccc(CCCC)cc3s2)cc1. The molecule has 0 amide bonds. The Hall–Kier alpha value is -2.20. The largest absolute Gasteiger partial charge is 0.494 e. The van der Waals surface area contributed by atoms with Crippen LogP contribution in [0.5, 0.6) is 5.75 Å². The van der Waals surface area contributed by atoms with Crippen LogP contribution >= 0.6 is 11.3 Å². The van der Waals surface area contributed by atoms with Gasteiger partial charge in [-0.25, -0.2) is 9.98 Å². The van der Waals surface area contributed by atoms with Crippen LogP contribution < -0.4 is 4.74 Å². The zero-order valence-corrected chi connectivity index (χ0v) is 17.8. The molecule has 4 heteroatoms. The molecule has 0 radical (unpaired) electrons. The fourth-order valence-electron chi connectivity index (χ4n) is 3.05. The number of thiazole rings is 1. The van der Waals surface area contributed by atoms with E-state index < -0.39 is 0 Å². The van der Waals surface area contributed by atoms with Crippen LogP contribution in [0.1, 0.15) is 63.5 Å². The van der Waals surface area contributed by atoms with E-state index in [9.17, 15) is 0 Å². The molecule has 0 unspecified atom stereocenters. The average Bonchev–Trinajstić information content (AvgIpc) is 3.13. The van der Waals surface area contributed by atoms with Crippen LogP contribution in [0.4, 0.5) is 5.13 Å². The van der Waals surface area contributed by atoms with Gasteiger partial charge in [-0.3, -0.25) is 0 Å². The van der Waals surface area contributed by atoms with Gasteiger partial charge in [-0.05, 0) is 66.8 Å². The van der Waals surface area contributed by atoms with Crippen LogP contribution in [0.15, 0.2) is 47.5 Å².